The molecule has 5 nitrogen and oxygen atoms in total. The average Bonchev–Trinajstić information content (AvgIpc) is 3.16. The van der Waals surface area contributed by atoms with Crippen LogP contribution in [0, 0.1) is 5.92 Å². The molecule has 20 heavy (non-hydrogen) atoms. The van der Waals surface area contributed by atoms with Gasteiger partial charge in [0.1, 0.15) is 5.54 Å². The maximum Gasteiger partial charge on any atom is 0.325 e. The Morgan fingerprint density at radius 1 is 1.40 bits per heavy atom. The van der Waals surface area contributed by atoms with E-state index in [0.717, 1.165) is 32.5 Å². The fraction of sp³-hybridized carbons (Fsp3) is 0.933. The Morgan fingerprint density at radius 3 is 2.50 bits per heavy atom. The lowest BCUT2D eigenvalue weighted by atomic mass is 9.90. The van der Waals surface area contributed by atoms with Gasteiger partial charge in [-0.1, -0.05) is 0 Å². The molecule has 1 heterocycles. The first-order chi connectivity index (χ1) is 9.35. The van der Waals surface area contributed by atoms with E-state index in [9.17, 15) is 9.90 Å². The van der Waals surface area contributed by atoms with E-state index in [0.29, 0.717) is 12.6 Å². The molecule has 0 bridgehead atoms. The van der Waals surface area contributed by atoms with E-state index in [1.807, 2.05) is 13.8 Å². The summed E-state index contributed by atoms with van der Waals surface area (Å²) in [6.45, 7) is 9.84. The summed E-state index contributed by atoms with van der Waals surface area (Å²) in [6.07, 6.45) is 2.07. The van der Waals surface area contributed by atoms with Crippen molar-refractivity contribution in [3.63, 3.8) is 0 Å². The van der Waals surface area contributed by atoms with E-state index >= 15 is 0 Å². The van der Waals surface area contributed by atoms with Crippen LogP contribution in [0.15, 0.2) is 0 Å². The van der Waals surface area contributed by atoms with Crippen LogP contribution in [0.2, 0.25) is 0 Å². The number of nitrogens with one attached hydrogen (secondary N) is 1. The number of aliphatic carboxylic acids is 1. The van der Waals surface area contributed by atoms with Gasteiger partial charge in [-0.3, -0.25) is 15.0 Å². The molecule has 1 aliphatic heterocycles. The molecule has 0 aromatic carbocycles. The van der Waals surface area contributed by atoms with Gasteiger partial charge in [-0.25, -0.2) is 0 Å². The lowest BCUT2D eigenvalue weighted by molar-refractivity contribution is -0.147. The van der Waals surface area contributed by atoms with Gasteiger partial charge < -0.3 is 10.0 Å². The van der Waals surface area contributed by atoms with Crippen LogP contribution >= 0.6 is 0 Å². The first-order valence-electron chi connectivity index (χ1n) is 7.79. The Balaban J connectivity index is 2.09. The predicted molar refractivity (Wildman–Crippen MR) is 79.9 cm³/mol. The van der Waals surface area contributed by atoms with E-state index in [1.165, 1.54) is 0 Å². The number of carboxylic acid groups (broad SMARTS) is 1. The van der Waals surface area contributed by atoms with E-state index in [4.69, 9.17) is 0 Å². The minimum Gasteiger partial charge on any atom is -0.480 e. The molecule has 116 valence electrons. The van der Waals surface area contributed by atoms with Crippen molar-refractivity contribution >= 4 is 5.97 Å². The molecule has 2 atom stereocenters. The number of hydrogen-bond acceptors (Lipinski definition) is 4. The third-order valence-electron chi connectivity index (χ3n) is 4.72. The maximum atomic E-state index is 12.0. The van der Waals surface area contributed by atoms with Gasteiger partial charge in [-0.15, -0.1) is 0 Å². The molecular weight excluding hydrogens is 254 g/mol. The Morgan fingerprint density at radius 2 is 2.05 bits per heavy atom. The van der Waals surface area contributed by atoms with Gasteiger partial charge >= 0.3 is 5.97 Å². The zero-order valence-corrected chi connectivity index (χ0v) is 13.2. The van der Waals surface area contributed by atoms with Crippen LogP contribution in [0.3, 0.4) is 0 Å². The van der Waals surface area contributed by atoms with E-state index < -0.39 is 11.5 Å². The monoisotopic (exact) mass is 283 g/mol. The van der Waals surface area contributed by atoms with Gasteiger partial charge in [0, 0.05) is 38.3 Å². The van der Waals surface area contributed by atoms with Crippen molar-refractivity contribution in [1.82, 2.24) is 15.1 Å². The van der Waals surface area contributed by atoms with Crippen LogP contribution in [0.25, 0.3) is 0 Å². The first-order valence-corrected chi connectivity index (χ1v) is 7.79. The highest BCUT2D eigenvalue weighted by atomic mass is 16.4. The van der Waals surface area contributed by atoms with Crippen molar-refractivity contribution in [2.75, 3.05) is 33.2 Å². The van der Waals surface area contributed by atoms with E-state index in [1.54, 1.807) is 0 Å². The molecule has 2 aliphatic rings. The highest BCUT2D eigenvalue weighted by molar-refractivity contribution is 5.80. The standard InChI is InChI=1S/C15H29N3O2/c1-11(2)16-15(14(19)20,13-5-6-13)10-18-8-7-17(4)12(3)9-18/h11-13,16H,5-10H2,1-4H3,(H,19,20). The van der Waals surface area contributed by atoms with Crippen molar-refractivity contribution in [3.05, 3.63) is 0 Å². The van der Waals surface area contributed by atoms with Gasteiger partial charge in [0.15, 0.2) is 0 Å². The second-order valence-corrected chi connectivity index (χ2v) is 6.91. The average molecular weight is 283 g/mol. The lowest BCUT2D eigenvalue weighted by Crippen LogP contribution is -2.64. The molecule has 2 N–H and O–H groups in total. The van der Waals surface area contributed by atoms with Crippen LogP contribution < -0.4 is 5.32 Å². The molecular formula is C15H29N3O2. The molecule has 2 unspecified atom stereocenters. The first kappa shape index (κ1) is 15.7. The number of hydrogen-bond donors (Lipinski definition) is 2. The summed E-state index contributed by atoms with van der Waals surface area (Å²) in [7, 11) is 2.14. The molecule has 5 heteroatoms. The smallest absolute Gasteiger partial charge is 0.325 e. The van der Waals surface area contributed by atoms with E-state index in [2.05, 4.69) is 29.1 Å². The summed E-state index contributed by atoms with van der Waals surface area (Å²) < 4.78 is 0. The summed E-state index contributed by atoms with van der Waals surface area (Å²) in [6, 6.07) is 0.685. The van der Waals surface area contributed by atoms with Crippen molar-refractivity contribution in [2.24, 2.45) is 5.92 Å². The van der Waals surface area contributed by atoms with Crippen molar-refractivity contribution in [3.8, 4) is 0 Å². The van der Waals surface area contributed by atoms with Crippen LogP contribution in [-0.2, 0) is 4.79 Å². The number of carbonyl (C=O) groups is 1. The third kappa shape index (κ3) is 3.32. The maximum absolute atomic E-state index is 12.0. The molecule has 2 rings (SSSR count). The second kappa shape index (κ2) is 6.00. The zero-order valence-electron chi connectivity index (χ0n) is 13.2. The van der Waals surface area contributed by atoms with Gasteiger partial charge in [0.05, 0.1) is 0 Å². The van der Waals surface area contributed by atoms with Crippen molar-refractivity contribution in [1.29, 1.82) is 0 Å². The quantitative estimate of drug-likeness (QED) is 0.757. The minimum absolute atomic E-state index is 0.191. The summed E-state index contributed by atoms with van der Waals surface area (Å²) >= 11 is 0. The fourth-order valence-corrected chi connectivity index (χ4v) is 3.31. The van der Waals surface area contributed by atoms with Gasteiger partial charge in [-0.05, 0) is 46.6 Å². The normalized spacial score (nSPS) is 28.6. The molecule has 1 saturated heterocycles. The summed E-state index contributed by atoms with van der Waals surface area (Å²) in [4.78, 5) is 16.6. The Hall–Kier alpha value is -0.650. The Bertz CT molecular complexity index is 357. The Labute approximate surface area is 122 Å². The molecule has 1 aliphatic carbocycles. The van der Waals surface area contributed by atoms with Crippen LogP contribution in [0.4, 0.5) is 0 Å². The highest BCUT2D eigenvalue weighted by Gasteiger charge is 2.52. The number of rotatable bonds is 6. The zero-order chi connectivity index (χ0) is 14.9. The highest BCUT2D eigenvalue weighted by Crippen LogP contribution is 2.41. The molecule has 0 spiro atoms. The van der Waals surface area contributed by atoms with Crippen molar-refractivity contribution < 1.29 is 9.90 Å². The number of likely N-dealkylation sites (N-methyl/N-ethyl adjacent to an activating group) is 1. The summed E-state index contributed by atoms with van der Waals surface area (Å²) in [5, 5.41) is 13.2. The SMILES string of the molecule is CC(C)NC(CN1CCN(C)C(C)C1)(C(=O)O)C1CC1. The number of carboxylic acids is 1. The molecule has 0 aromatic rings. The third-order valence-corrected chi connectivity index (χ3v) is 4.72. The Kier molecular flexibility index (Phi) is 4.72. The molecule has 0 amide bonds. The van der Waals surface area contributed by atoms with Crippen molar-refractivity contribution in [2.45, 2.75) is 51.2 Å². The van der Waals surface area contributed by atoms with Gasteiger partial charge in [-0.2, -0.15) is 0 Å². The minimum atomic E-state index is -0.760. The predicted octanol–water partition coefficient (Wildman–Crippen LogP) is 0.854. The van der Waals surface area contributed by atoms with Gasteiger partial charge in [0.2, 0.25) is 0 Å². The molecule has 0 aromatic heterocycles. The van der Waals surface area contributed by atoms with Crippen LogP contribution in [0.5, 0.6) is 0 Å². The molecule has 1 saturated carbocycles. The topological polar surface area (TPSA) is 55.8 Å². The van der Waals surface area contributed by atoms with Crippen LogP contribution in [0.1, 0.15) is 33.6 Å². The summed E-state index contributed by atoms with van der Waals surface area (Å²) in [5.74, 6) is -0.391. The van der Waals surface area contributed by atoms with Crippen LogP contribution in [-0.4, -0.2) is 71.7 Å². The molecule has 0 radical (unpaired) electrons. The summed E-state index contributed by atoms with van der Waals surface area (Å²) in [5.41, 5.74) is -0.760. The number of nitrogens with zero attached hydrogens (tertiary/aromatic N) is 2. The largest absolute Gasteiger partial charge is 0.480 e. The lowest BCUT2D eigenvalue weighted by Gasteiger charge is -2.43. The fourth-order valence-electron chi connectivity index (χ4n) is 3.31. The number of piperazine rings is 1. The second-order valence-electron chi connectivity index (χ2n) is 6.91. The molecule has 2 fully saturated rings. The van der Waals surface area contributed by atoms with Gasteiger partial charge in [0.25, 0.3) is 0 Å². The van der Waals surface area contributed by atoms with E-state index in [-0.39, 0.29) is 12.0 Å².